The summed E-state index contributed by atoms with van der Waals surface area (Å²) in [7, 11) is 1.39. The predicted octanol–water partition coefficient (Wildman–Crippen LogP) is -5.95. The first-order valence-electron chi connectivity index (χ1n) is 3.16. The molecule has 6 heteroatoms. The first-order valence-corrected chi connectivity index (χ1v) is 3.16. The smallest absolute Gasteiger partial charge is 1.00 e. The number of ether oxygens (including phenoxy) is 1. The van der Waals surface area contributed by atoms with Crippen molar-refractivity contribution in [1.82, 2.24) is 0 Å². The van der Waals surface area contributed by atoms with E-state index in [1.54, 1.807) is 0 Å². The van der Waals surface area contributed by atoms with Crippen LogP contribution < -0.4 is 37.2 Å². The average Bonchev–Trinajstić information content (AvgIpc) is 2.40. The second-order valence-electron chi connectivity index (χ2n) is 2.06. The average molecular weight is 352 g/mol. The van der Waals surface area contributed by atoms with Gasteiger partial charge in [-0.15, -0.1) is 6.42 Å². The fourth-order valence-electron chi connectivity index (χ4n) is 0.799. The minimum atomic E-state index is -0.200. The molecule has 0 heterocycles. The van der Waals surface area contributed by atoms with E-state index in [1.165, 1.54) is 7.11 Å². The molecule has 1 aliphatic rings. The van der Waals surface area contributed by atoms with E-state index >= 15 is 0 Å². The number of hydrogen-bond acceptors (Lipinski definition) is 2. The molecule has 0 spiro atoms. The molecule has 1 radical (unpaired) electrons. The first kappa shape index (κ1) is 51.4. The molecule has 0 aromatic carbocycles. The number of esters is 1. The van der Waals surface area contributed by atoms with Crippen molar-refractivity contribution >= 4 is 5.97 Å². The third kappa shape index (κ3) is 21.8. The first-order chi connectivity index (χ1) is 4.83. The van der Waals surface area contributed by atoms with Crippen LogP contribution in [0.1, 0.15) is 12.8 Å². The molecule has 111 valence electrons. The van der Waals surface area contributed by atoms with Crippen molar-refractivity contribution in [1.29, 1.82) is 0 Å². The van der Waals surface area contributed by atoms with Gasteiger partial charge in [-0.2, -0.15) is 6.08 Å². The minimum absolute atomic E-state index is 0. The molecule has 0 unspecified atom stereocenters. The van der Waals surface area contributed by atoms with E-state index in [2.05, 4.69) is 10.8 Å². The fraction of sp³-hybridized carbons (Fsp3) is 0.250. The van der Waals surface area contributed by atoms with E-state index in [4.69, 9.17) is 0 Å². The summed E-state index contributed by atoms with van der Waals surface area (Å²) in [6, 6.07) is 0. The minimum Gasteiger partial charge on any atom is -1.00 e. The van der Waals surface area contributed by atoms with E-state index < -0.39 is 0 Å². The van der Waals surface area contributed by atoms with Gasteiger partial charge in [0, 0.05) is 6.42 Å². The van der Waals surface area contributed by atoms with Gasteiger partial charge in [0.15, 0.2) is 0 Å². The number of halogens is 3. The normalized spacial score (nSPS) is 8.39. The van der Waals surface area contributed by atoms with Gasteiger partial charge in [-0.05, 0) is 0 Å². The van der Waals surface area contributed by atoms with Gasteiger partial charge in [0.05, 0.1) is 7.11 Å². The summed E-state index contributed by atoms with van der Waals surface area (Å²) >= 11 is 0. The van der Waals surface area contributed by atoms with Crippen molar-refractivity contribution < 1.29 is 68.5 Å². The number of carbonyl (C=O) groups excluding carboxylic acids is 1. The van der Waals surface area contributed by atoms with Gasteiger partial charge in [0.1, 0.15) is 0 Å². The molecule has 0 saturated heterocycles. The van der Waals surface area contributed by atoms with E-state index in [1.807, 2.05) is 12.2 Å². The monoisotopic (exact) mass is 350 g/mol. The summed E-state index contributed by atoms with van der Waals surface area (Å²) in [6.07, 6.45) is 8.08. The zero-order chi connectivity index (χ0) is 7.40. The number of hydrogen-bond donors (Lipinski definition) is 0. The van der Waals surface area contributed by atoms with Crippen LogP contribution >= 0.6 is 0 Å². The molecule has 18 heavy (non-hydrogen) atoms. The Hall–Kier alpha value is 0.534. The third-order valence-electron chi connectivity index (χ3n) is 1.33. The van der Waals surface area contributed by atoms with E-state index in [0.717, 1.165) is 12.0 Å². The Kier molecular flexibility index (Phi) is 87.0. The van der Waals surface area contributed by atoms with Crippen molar-refractivity contribution in [3.63, 3.8) is 0 Å². The zero-order valence-corrected chi connectivity index (χ0v) is 15.3. The van der Waals surface area contributed by atoms with Crippen LogP contribution in [0, 0.1) is 35.8 Å². The van der Waals surface area contributed by atoms with Crippen LogP contribution in [0.4, 0.5) is 0 Å². The van der Waals surface area contributed by atoms with Gasteiger partial charge in [0.2, 0.25) is 0 Å². The number of methoxy groups -OCH3 is 1. The van der Waals surface area contributed by atoms with Crippen LogP contribution in [0.15, 0.2) is 17.7 Å². The summed E-state index contributed by atoms with van der Waals surface area (Å²) in [5, 5.41) is 0. The maximum Gasteiger partial charge on any atom is 3.00 e. The predicted molar refractivity (Wildman–Crippen MR) is 62.8 cm³/mol. The quantitative estimate of drug-likeness (QED) is 0.281. The molecule has 0 saturated carbocycles. The fourth-order valence-corrected chi connectivity index (χ4v) is 0.799. The van der Waals surface area contributed by atoms with E-state index in [-0.39, 0.29) is 94.6 Å². The van der Waals surface area contributed by atoms with Crippen molar-refractivity contribution in [3.8, 4) is 0 Å². The molecule has 0 bridgehead atoms. The molecular formula is C12H21Cl3O2Ti-5. The number of rotatable bonds is 2. The molecule has 0 aliphatic heterocycles. The summed E-state index contributed by atoms with van der Waals surface area (Å²) in [6.45, 7) is 0. The molecule has 0 aromatic rings. The molecule has 0 fully saturated rings. The van der Waals surface area contributed by atoms with Crippen LogP contribution in [0.25, 0.3) is 0 Å². The van der Waals surface area contributed by atoms with Crippen molar-refractivity contribution in [2.24, 2.45) is 0 Å². The molecular weight excluding hydrogens is 330 g/mol. The van der Waals surface area contributed by atoms with Crippen LogP contribution in [0.5, 0.6) is 0 Å². The third-order valence-corrected chi connectivity index (χ3v) is 1.33. The van der Waals surface area contributed by atoms with Gasteiger partial charge < -0.3 is 71.7 Å². The molecule has 1 aliphatic carbocycles. The van der Waals surface area contributed by atoms with Crippen LogP contribution in [-0.2, 0) is 31.2 Å². The second-order valence-corrected chi connectivity index (χ2v) is 2.06. The second kappa shape index (κ2) is 30.5. The Morgan fingerprint density at radius 3 is 1.94 bits per heavy atom. The van der Waals surface area contributed by atoms with E-state index in [0.29, 0.717) is 6.42 Å². The van der Waals surface area contributed by atoms with E-state index in [9.17, 15) is 4.79 Å². The standard InChI is InChI=1S/C8H9O2.4CH3.3ClH.Ti/c1-10-8(9)6-7-4-2-3-5-7;;;;;;;;/h2,4H,3,6H2,1H3;4*1H3;3*1H;/q5*-1;;;;+3/p-3. The Morgan fingerprint density at radius 1 is 1.22 bits per heavy atom. The van der Waals surface area contributed by atoms with Crippen molar-refractivity contribution in [2.45, 2.75) is 12.8 Å². The topological polar surface area (TPSA) is 26.3 Å². The molecule has 0 atom stereocenters. The summed E-state index contributed by atoms with van der Waals surface area (Å²) in [4.78, 5) is 10.7. The molecule has 0 N–H and O–H groups in total. The molecule has 0 amide bonds. The molecule has 0 aromatic heterocycles. The molecule has 1 rings (SSSR count). The summed E-state index contributed by atoms with van der Waals surface area (Å²) in [5.74, 6) is -0.200. The Labute approximate surface area is 147 Å². The SMILES string of the molecule is COC(=O)CC1=[C-]CC=C1.[CH3-].[CH3-].[CH3-].[CH3-].[Cl-].[Cl-].[Cl-].[Ti+3]. The largest absolute Gasteiger partial charge is 3.00 e. The zero-order valence-electron chi connectivity index (χ0n) is 11.5. The van der Waals surface area contributed by atoms with Gasteiger partial charge in [-0.1, -0.05) is 0 Å². The Bertz CT molecular complexity index is 207. The van der Waals surface area contributed by atoms with Gasteiger partial charge in [0.25, 0.3) is 0 Å². The summed E-state index contributed by atoms with van der Waals surface area (Å²) in [5.41, 5.74) is 0.937. The summed E-state index contributed by atoms with van der Waals surface area (Å²) < 4.78 is 4.48. The van der Waals surface area contributed by atoms with Crippen molar-refractivity contribution in [3.05, 3.63) is 53.5 Å². The molecule has 2 nitrogen and oxygen atoms in total. The maximum atomic E-state index is 10.7. The van der Waals surface area contributed by atoms with Gasteiger partial charge >= 0.3 is 27.7 Å². The van der Waals surface area contributed by atoms with Gasteiger partial charge in [-0.3, -0.25) is 10.9 Å². The van der Waals surface area contributed by atoms with Crippen LogP contribution in [-0.4, -0.2) is 13.1 Å². The van der Waals surface area contributed by atoms with Crippen LogP contribution in [0.2, 0.25) is 0 Å². The Balaban J connectivity index is -0.0000000208. The number of carbonyl (C=O) groups is 1. The maximum absolute atomic E-state index is 10.7. The Morgan fingerprint density at radius 2 is 1.67 bits per heavy atom. The number of allylic oxidation sites excluding steroid dienone is 3. The van der Waals surface area contributed by atoms with Gasteiger partial charge in [-0.25, -0.2) is 11.6 Å². The van der Waals surface area contributed by atoms with Crippen LogP contribution in [0.3, 0.4) is 0 Å². The van der Waals surface area contributed by atoms with Crippen molar-refractivity contribution in [2.75, 3.05) is 7.11 Å².